The van der Waals surface area contributed by atoms with Gasteiger partial charge in [0.1, 0.15) is 0 Å². The van der Waals surface area contributed by atoms with Gasteiger partial charge in [-0.2, -0.15) is 0 Å². The molecule has 15 heavy (non-hydrogen) atoms. The number of benzene rings is 1. The monoisotopic (exact) mass is 203 g/mol. The predicted octanol–water partition coefficient (Wildman–Crippen LogP) is 3.27. The molecule has 1 heteroatoms. The van der Waals surface area contributed by atoms with Crippen molar-refractivity contribution < 1.29 is 0 Å². The van der Waals surface area contributed by atoms with E-state index in [0.29, 0.717) is 0 Å². The van der Waals surface area contributed by atoms with Gasteiger partial charge in [-0.3, -0.25) is 0 Å². The molecule has 1 aromatic rings. The molecule has 1 fully saturated rings. The molecule has 0 radical (unpaired) electrons. The van der Waals surface area contributed by atoms with Crippen molar-refractivity contribution in [1.29, 1.82) is 0 Å². The van der Waals surface area contributed by atoms with Gasteiger partial charge in [-0.05, 0) is 43.2 Å². The SMILES string of the molecule is Cc1ccccc1CN[C@H]1CC[C@@H](C)C1. The van der Waals surface area contributed by atoms with Crippen LogP contribution in [0.2, 0.25) is 0 Å². The second-order valence-electron chi connectivity index (χ2n) is 4.92. The molecule has 0 amide bonds. The number of hydrogen-bond donors (Lipinski definition) is 1. The lowest BCUT2D eigenvalue weighted by atomic mass is 10.1. The minimum Gasteiger partial charge on any atom is -0.310 e. The third-order valence-corrected chi connectivity index (χ3v) is 3.54. The van der Waals surface area contributed by atoms with E-state index in [-0.39, 0.29) is 0 Å². The summed E-state index contributed by atoms with van der Waals surface area (Å²) in [6.45, 7) is 5.58. The summed E-state index contributed by atoms with van der Waals surface area (Å²) in [5.41, 5.74) is 2.84. The number of hydrogen-bond acceptors (Lipinski definition) is 1. The fourth-order valence-electron chi connectivity index (χ4n) is 2.46. The highest BCUT2D eigenvalue weighted by molar-refractivity contribution is 5.25. The summed E-state index contributed by atoms with van der Waals surface area (Å²) in [7, 11) is 0. The van der Waals surface area contributed by atoms with Crippen LogP contribution in [0.3, 0.4) is 0 Å². The lowest BCUT2D eigenvalue weighted by Crippen LogP contribution is -2.26. The minimum absolute atomic E-state index is 0.750. The van der Waals surface area contributed by atoms with Crippen molar-refractivity contribution in [3.05, 3.63) is 35.4 Å². The van der Waals surface area contributed by atoms with E-state index in [2.05, 4.69) is 43.4 Å². The average molecular weight is 203 g/mol. The maximum atomic E-state index is 3.67. The van der Waals surface area contributed by atoms with Crippen molar-refractivity contribution in [1.82, 2.24) is 5.32 Å². The molecule has 2 atom stereocenters. The van der Waals surface area contributed by atoms with Gasteiger partial charge in [-0.25, -0.2) is 0 Å². The third kappa shape index (κ3) is 2.82. The molecule has 1 nitrogen and oxygen atoms in total. The standard InChI is InChI=1S/C14H21N/c1-11-7-8-14(9-11)15-10-13-6-4-3-5-12(13)2/h3-6,11,14-15H,7-10H2,1-2H3/t11-,14+/m1/s1. The largest absolute Gasteiger partial charge is 0.310 e. The zero-order chi connectivity index (χ0) is 10.7. The van der Waals surface area contributed by atoms with Crippen molar-refractivity contribution >= 4 is 0 Å². The van der Waals surface area contributed by atoms with Crippen molar-refractivity contribution in [2.75, 3.05) is 0 Å². The van der Waals surface area contributed by atoms with Crippen LogP contribution in [0.25, 0.3) is 0 Å². The Morgan fingerprint density at radius 3 is 2.73 bits per heavy atom. The zero-order valence-electron chi connectivity index (χ0n) is 9.79. The van der Waals surface area contributed by atoms with Gasteiger partial charge in [-0.1, -0.05) is 31.2 Å². The summed E-state index contributed by atoms with van der Waals surface area (Å²) in [6, 6.07) is 9.40. The van der Waals surface area contributed by atoms with Crippen LogP contribution in [0, 0.1) is 12.8 Å². The van der Waals surface area contributed by atoms with Crippen molar-refractivity contribution in [2.45, 2.75) is 45.7 Å². The molecular formula is C14H21N. The van der Waals surface area contributed by atoms with E-state index >= 15 is 0 Å². The maximum Gasteiger partial charge on any atom is 0.0210 e. The van der Waals surface area contributed by atoms with Gasteiger partial charge in [-0.15, -0.1) is 0 Å². The lowest BCUT2D eigenvalue weighted by molar-refractivity contribution is 0.501. The summed E-state index contributed by atoms with van der Waals surface area (Å²) in [4.78, 5) is 0. The Balaban J connectivity index is 1.86. The van der Waals surface area contributed by atoms with Crippen LogP contribution in [0.15, 0.2) is 24.3 Å². The van der Waals surface area contributed by atoms with Gasteiger partial charge in [0, 0.05) is 12.6 Å². The first-order chi connectivity index (χ1) is 7.25. The normalized spacial score (nSPS) is 25.7. The molecule has 1 saturated carbocycles. The van der Waals surface area contributed by atoms with Crippen molar-refractivity contribution in [3.8, 4) is 0 Å². The first-order valence-electron chi connectivity index (χ1n) is 6.03. The van der Waals surface area contributed by atoms with Gasteiger partial charge in [0.25, 0.3) is 0 Å². The van der Waals surface area contributed by atoms with Crippen LogP contribution in [0.5, 0.6) is 0 Å². The van der Waals surface area contributed by atoms with Crippen LogP contribution in [-0.4, -0.2) is 6.04 Å². The Kier molecular flexibility index (Phi) is 3.42. The molecule has 1 aliphatic carbocycles. The van der Waals surface area contributed by atoms with E-state index in [9.17, 15) is 0 Å². The number of nitrogens with one attached hydrogen (secondary N) is 1. The fraction of sp³-hybridized carbons (Fsp3) is 0.571. The Morgan fingerprint density at radius 1 is 1.27 bits per heavy atom. The molecule has 0 heterocycles. The third-order valence-electron chi connectivity index (χ3n) is 3.54. The van der Waals surface area contributed by atoms with E-state index < -0.39 is 0 Å². The highest BCUT2D eigenvalue weighted by Gasteiger charge is 2.20. The molecule has 0 spiro atoms. The Labute approximate surface area is 92.9 Å². The van der Waals surface area contributed by atoms with E-state index in [0.717, 1.165) is 18.5 Å². The lowest BCUT2D eigenvalue weighted by Gasteiger charge is -2.13. The van der Waals surface area contributed by atoms with Gasteiger partial charge in [0.15, 0.2) is 0 Å². The molecule has 2 rings (SSSR count). The molecule has 0 aliphatic heterocycles. The molecule has 0 saturated heterocycles. The molecule has 0 unspecified atom stereocenters. The number of rotatable bonds is 3. The van der Waals surface area contributed by atoms with E-state index in [1.165, 1.54) is 30.4 Å². The smallest absolute Gasteiger partial charge is 0.0210 e. The van der Waals surface area contributed by atoms with E-state index in [1.807, 2.05) is 0 Å². The summed E-state index contributed by atoms with van der Waals surface area (Å²) in [6.07, 6.45) is 4.10. The van der Waals surface area contributed by atoms with Gasteiger partial charge < -0.3 is 5.32 Å². The quantitative estimate of drug-likeness (QED) is 0.795. The van der Waals surface area contributed by atoms with E-state index in [4.69, 9.17) is 0 Å². The Morgan fingerprint density at radius 2 is 2.07 bits per heavy atom. The second kappa shape index (κ2) is 4.80. The summed E-state index contributed by atoms with van der Waals surface area (Å²) >= 11 is 0. The molecule has 1 aromatic carbocycles. The second-order valence-corrected chi connectivity index (χ2v) is 4.92. The van der Waals surface area contributed by atoms with Crippen LogP contribution in [0.4, 0.5) is 0 Å². The van der Waals surface area contributed by atoms with E-state index in [1.54, 1.807) is 0 Å². The fourth-order valence-corrected chi connectivity index (χ4v) is 2.46. The van der Waals surface area contributed by atoms with Crippen molar-refractivity contribution in [2.24, 2.45) is 5.92 Å². The number of aryl methyl sites for hydroxylation is 1. The summed E-state index contributed by atoms with van der Waals surface area (Å²) < 4.78 is 0. The van der Waals surface area contributed by atoms with Crippen LogP contribution in [-0.2, 0) is 6.54 Å². The highest BCUT2D eigenvalue weighted by Crippen LogP contribution is 2.24. The van der Waals surface area contributed by atoms with Gasteiger partial charge in [0.2, 0.25) is 0 Å². The van der Waals surface area contributed by atoms with Crippen LogP contribution < -0.4 is 5.32 Å². The molecule has 0 aromatic heterocycles. The Hall–Kier alpha value is -0.820. The maximum absolute atomic E-state index is 3.67. The topological polar surface area (TPSA) is 12.0 Å². The summed E-state index contributed by atoms with van der Waals surface area (Å²) in [5.74, 6) is 0.916. The molecule has 1 N–H and O–H groups in total. The molecule has 0 bridgehead atoms. The first-order valence-corrected chi connectivity index (χ1v) is 6.03. The van der Waals surface area contributed by atoms with Gasteiger partial charge in [0.05, 0.1) is 0 Å². The molecule has 82 valence electrons. The van der Waals surface area contributed by atoms with Crippen LogP contribution in [0.1, 0.15) is 37.3 Å². The zero-order valence-corrected chi connectivity index (χ0v) is 9.79. The summed E-state index contributed by atoms with van der Waals surface area (Å²) in [5, 5.41) is 3.67. The highest BCUT2D eigenvalue weighted by atomic mass is 14.9. The van der Waals surface area contributed by atoms with Crippen molar-refractivity contribution in [3.63, 3.8) is 0 Å². The predicted molar refractivity (Wildman–Crippen MR) is 64.8 cm³/mol. The van der Waals surface area contributed by atoms with Crippen LogP contribution >= 0.6 is 0 Å². The van der Waals surface area contributed by atoms with Gasteiger partial charge >= 0.3 is 0 Å². The Bertz CT molecular complexity index is 319. The molecular weight excluding hydrogens is 182 g/mol. The first kappa shape index (κ1) is 10.7. The average Bonchev–Trinajstić information content (AvgIpc) is 2.63. The molecule has 1 aliphatic rings. The minimum atomic E-state index is 0.750.